The van der Waals surface area contributed by atoms with Crippen molar-refractivity contribution in [2.24, 2.45) is 0 Å². The summed E-state index contributed by atoms with van der Waals surface area (Å²) in [5.74, 6) is 0.687. The molecule has 8 heteroatoms. The number of para-hydroxylation sites is 1. The zero-order valence-corrected chi connectivity index (χ0v) is 21.0. The minimum Gasteiger partial charge on any atom is -0.497 e. The Hall–Kier alpha value is -2.74. The Morgan fingerprint density at radius 1 is 1.03 bits per heavy atom. The molecule has 3 aromatic carbocycles. The Balaban J connectivity index is 1.77. The summed E-state index contributed by atoms with van der Waals surface area (Å²) in [5.41, 5.74) is 4.25. The van der Waals surface area contributed by atoms with Gasteiger partial charge in [-0.15, -0.1) is 0 Å². The average molecular weight is 500 g/mol. The molecule has 0 bridgehead atoms. The van der Waals surface area contributed by atoms with Crippen molar-refractivity contribution in [2.75, 3.05) is 49.8 Å². The number of sulfone groups is 1. The summed E-state index contributed by atoms with van der Waals surface area (Å²) in [6, 6.07) is 19.2. The van der Waals surface area contributed by atoms with Crippen LogP contribution in [0.15, 0.2) is 65.6 Å². The van der Waals surface area contributed by atoms with Crippen LogP contribution < -0.4 is 20.3 Å². The van der Waals surface area contributed by atoms with Crippen molar-refractivity contribution in [3.05, 3.63) is 76.8 Å². The minimum absolute atomic E-state index is 0.337. The van der Waals surface area contributed by atoms with Crippen molar-refractivity contribution in [2.45, 2.75) is 17.7 Å². The molecule has 180 valence electrons. The Morgan fingerprint density at radius 3 is 2.44 bits per heavy atom. The number of ether oxygens (including phenoxy) is 1. The van der Waals surface area contributed by atoms with E-state index in [9.17, 15) is 8.42 Å². The molecule has 0 atom stereocenters. The normalized spacial score (nSPS) is 14.1. The first-order valence-electron chi connectivity index (χ1n) is 11.3. The van der Waals surface area contributed by atoms with Crippen LogP contribution in [0, 0.1) is 0 Å². The lowest BCUT2D eigenvalue weighted by molar-refractivity contribution is 0.414. The second-order valence-corrected chi connectivity index (χ2v) is 10.9. The molecule has 34 heavy (non-hydrogen) atoms. The maximum Gasteiger partial charge on any atom is 0.177 e. The molecule has 2 N–H and O–H groups in total. The number of rotatable bonds is 8. The number of aryl methyl sites for hydroxylation is 2. The van der Waals surface area contributed by atoms with Crippen molar-refractivity contribution in [3.63, 3.8) is 0 Å². The predicted molar refractivity (Wildman–Crippen MR) is 140 cm³/mol. The topological polar surface area (TPSA) is 70.7 Å². The number of anilines is 3. The van der Waals surface area contributed by atoms with Crippen LogP contribution in [0.3, 0.4) is 0 Å². The molecule has 0 unspecified atom stereocenters. The maximum absolute atomic E-state index is 13.0. The van der Waals surface area contributed by atoms with Gasteiger partial charge in [-0.25, -0.2) is 8.42 Å². The lowest BCUT2D eigenvalue weighted by Crippen LogP contribution is -2.43. The summed E-state index contributed by atoms with van der Waals surface area (Å²) < 4.78 is 31.4. The molecular weight excluding hydrogens is 470 g/mol. The number of methoxy groups -OCH3 is 1. The minimum atomic E-state index is -3.50. The van der Waals surface area contributed by atoms with Crippen molar-refractivity contribution in [1.29, 1.82) is 0 Å². The Labute approximate surface area is 206 Å². The third kappa shape index (κ3) is 6.03. The largest absolute Gasteiger partial charge is 0.497 e. The van der Waals surface area contributed by atoms with E-state index < -0.39 is 9.84 Å². The smallest absolute Gasteiger partial charge is 0.177 e. The SMILES string of the molecule is COc1cc(Cl)cc(CCc2cc(N3CCNCC3)cc(Nc3ccccc3)c2S(C)(=O)=O)c1. The first-order valence-corrected chi connectivity index (χ1v) is 13.6. The monoisotopic (exact) mass is 499 g/mol. The van der Waals surface area contributed by atoms with Crippen LogP contribution in [-0.4, -0.2) is 48.0 Å². The number of piperazine rings is 1. The van der Waals surface area contributed by atoms with E-state index in [-0.39, 0.29) is 0 Å². The van der Waals surface area contributed by atoms with Crippen molar-refractivity contribution in [3.8, 4) is 5.75 Å². The van der Waals surface area contributed by atoms with Gasteiger partial charge in [-0.3, -0.25) is 0 Å². The number of nitrogens with one attached hydrogen (secondary N) is 2. The Morgan fingerprint density at radius 2 is 1.76 bits per heavy atom. The summed E-state index contributed by atoms with van der Waals surface area (Å²) in [7, 11) is -1.89. The van der Waals surface area contributed by atoms with E-state index >= 15 is 0 Å². The van der Waals surface area contributed by atoms with Gasteiger partial charge in [-0.05, 0) is 66.4 Å². The van der Waals surface area contributed by atoms with Gasteiger partial charge in [0.2, 0.25) is 0 Å². The molecule has 1 aliphatic rings. The number of halogens is 1. The van der Waals surface area contributed by atoms with E-state index in [1.165, 1.54) is 6.26 Å². The molecule has 0 spiro atoms. The van der Waals surface area contributed by atoms with Crippen LogP contribution in [0.1, 0.15) is 11.1 Å². The fraction of sp³-hybridized carbons (Fsp3) is 0.308. The molecule has 0 aromatic heterocycles. The van der Waals surface area contributed by atoms with Gasteiger partial charge >= 0.3 is 0 Å². The van der Waals surface area contributed by atoms with E-state index in [4.69, 9.17) is 16.3 Å². The van der Waals surface area contributed by atoms with Crippen LogP contribution in [0.25, 0.3) is 0 Å². The maximum atomic E-state index is 13.0. The molecule has 1 heterocycles. The van der Waals surface area contributed by atoms with Crippen molar-refractivity contribution < 1.29 is 13.2 Å². The van der Waals surface area contributed by atoms with Crippen LogP contribution in [0.2, 0.25) is 5.02 Å². The fourth-order valence-electron chi connectivity index (χ4n) is 4.33. The molecule has 0 radical (unpaired) electrons. The molecule has 0 aliphatic carbocycles. The number of nitrogens with zero attached hydrogens (tertiary/aromatic N) is 1. The van der Waals surface area contributed by atoms with Gasteiger partial charge in [0, 0.05) is 48.8 Å². The molecule has 1 saturated heterocycles. The molecule has 3 aromatic rings. The van der Waals surface area contributed by atoms with Crippen LogP contribution in [0.4, 0.5) is 17.1 Å². The highest BCUT2D eigenvalue weighted by Gasteiger charge is 2.22. The number of benzene rings is 3. The molecule has 0 amide bonds. The molecule has 0 saturated carbocycles. The number of hydrogen-bond acceptors (Lipinski definition) is 6. The number of hydrogen-bond donors (Lipinski definition) is 2. The standard InChI is InChI=1S/C26H30ClN3O3S/c1-33-24-15-19(14-21(27)17-24)8-9-20-16-23(30-12-10-28-11-13-30)18-25(26(20)34(2,31)32)29-22-6-4-3-5-7-22/h3-7,14-18,28-29H,8-13H2,1-2H3. The van der Waals surface area contributed by atoms with Crippen LogP contribution in [-0.2, 0) is 22.7 Å². The Bertz CT molecular complexity index is 1240. The third-order valence-electron chi connectivity index (χ3n) is 5.91. The lowest BCUT2D eigenvalue weighted by Gasteiger charge is -2.31. The summed E-state index contributed by atoms with van der Waals surface area (Å²) >= 11 is 6.26. The van der Waals surface area contributed by atoms with Crippen LogP contribution >= 0.6 is 11.6 Å². The summed E-state index contributed by atoms with van der Waals surface area (Å²) in [4.78, 5) is 2.63. The quantitative estimate of drug-likeness (QED) is 0.468. The molecule has 4 rings (SSSR count). The van der Waals surface area contributed by atoms with Gasteiger partial charge in [-0.2, -0.15) is 0 Å². The zero-order chi connectivity index (χ0) is 24.1. The average Bonchev–Trinajstić information content (AvgIpc) is 2.82. The lowest BCUT2D eigenvalue weighted by atomic mass is 10.0. The summed E-state index contributed by atoms with van der Waals surface area (Å²) in [6.07, 6.45) is 2.46. The van der Waals surface area contributed by atoms with Gasteiger partial charge in [0.15, 0.2) is 9.84 Å². The first-order chi connectivity index (χ1) is 16.3. The van der Waals surface area contributed by atoms with Gasteiger partial charge in [0.25, 0.3) is 0 Å². The summed E-state index contributed by atoms with van der Waals surface area (Å²) in [5, 5.41) is 7.33. The van der Waals surface area contributed by atoms with Gasteiger partial charge in [0.05, 0.1) is 17.7 Å². The second-order valence-electron chi connectivity index (χ2n) is 8.48. The predicted octanol–water partition coefficient (Wildman–Crippen LogP) is 4.69. The van der Waals surface area contributed by atoms with Crippen molar-refractivity contribution >= 4 is 38.5 Å². The van der Waals surface area contributed by atoms with E-state index in [2.05, 4.69) is 15.5 Å². The Kier molecular flexibility index (Phi) is 7.66. The van der Waals surface area contributed by atoms with E-state index in [1.807, 2.05) is 54.6 Å². The highest BCUT2D eigenvalue weighted by atomic mass is 35.5. The summed E-state index contributed by atoms with van der Waals surface area (Å²) in [6.45, 7) is 3.53. The van der Waals surface area contributed by atoms with E-state index in [0.717, 1.165) is 48.7 Å². The second kappa shape index (κ2) is 10.7. The van der Waals surface area contributed by atoms with E-state index in [0.29, 0.717) is 34.2 Å². The van der Waals surface area contributed by atoms with Gasteiger partial charge in [-0.1, -0.05) is 29.8 Å². The van der Waals surface area contributed by atoms with E-state index in [1.54, 1.807) is 13.2 Å². The molecule has 1 aliphatic heterocycles. The van der Waals surface area contributed by atoms with Gasteiger partial charge in [0.1, 0.15) is 5.75 Å². The highest BCUT2D eigenvalue weighted by Crippen LogP contribution is 2.35. The van der Waals surface area contributed by atoms with Crippen LogP contribution in [0.5, 0.6) is 5.75 Å². The van der Waals surface area contributed by atoms with Crippen molar-refractivity contribution in [1.82, 2.24) is 5.32 Å². The molecule has 6 nitrogen and oxygen atoms in total. The van der Waals surface area contributed by atoms with Gasteiger partial charge < -0.3 is 20.3 Å². The fourth-order valence-corrected chi connectivity index (χ4v) is 5.73. The third-order valence-corrected chi connectivity index (χ3v) is 7.35. The molecular formula is C26H30ClN3O3S. The highest BCUT2D eigenvalue weighted by molar-refractivity contribution is 7.91. The molecule has 1 fully saturated rings. The first kappa shape index (κ1) is 24.4. The zero-order valence-electron chi connectivity index (χ0n) is 19.5.